The summed E-state index contributed by atoms with van der Waals surface area (Å²) < 4.78 is 18.4. The molecule has 0 saturated carbocycles. The summed E-state index contributed by atoms with van der Waals surface area (Å²) in [5, 5.41) is 46.4. The Labute approximate surface area is 857 Å². The zero-order chi connectivity index (χ0) is 97.6. The van der Waals surface area contributed by atoms with Gasteiger partial charge in [0, 0.05) is 233 Å². The highest BCUT2D eigenvalue weighted by Crippen LogP contribution is 2.40. The number of ether oxygens (including phenoxy) is 3. The molecule has 0 radical (unpaired) electrons. The standard InChI is InChI=1S/C26H24ClN3O.2C25H23ClN4O.2C20H20ClN3O/c27-20-12-10-19(11-13-20)17-28-26-16-25(23-8-4-5-9-24(23)29-26)30-15-14-22(18-30)31-21-6-2-1-3-7-21;2*26-19-10-8-18(9-11-19)16-28-24-15-23(21-5-1-2-6-22(21)29-24)30-14-12-20(17-30)31-25-7-3-4-13-27-25;2*21-15-7-5-14(6-8-15)12-22-20-11-19(24-10-9-16(25)13-24)17-3-1-2-4-18(17)23-20/h1-13,16,22H,14-15,17-18H2,(H,28,29);2*1-11,13,15,20H,12,14,16-17H2,(H,28,29);2*1-8,11,16,25H,9-10,12-13H2,(H,22,23)/t22-;2*20-;2*16-/m11010/s1. The number of fused-ring (bicyclic) bond motifs is 5. The lowest BCUT2D eigenvalue weighted by Crippen LogP contribution is -2.25. The second-order valence-electron chi connectivity index (χ2n) is 36.0. The maximum Gasteiger partial charge on any atom is 0.213 e. The van der Waals surface area contributed by atoms with Crippen molar-refractivity contribution in [3.63, 3.8) is 0 Å². The zero-order valence-electron chi connectivity index (χ0n) is 78.9. The van der Waals surface area contributed by atoms with E-state index in [9.17, 15) is 10.2 Å². The number of rotatable bonds is 26. The van der Waals surface area contributed by atoms with E-state index in [2.05, 4.69) is 158 Å². The average Bonchev–Trinajstić information content (AvgIpc) is 1.80. The molecule has 18 aromatic rings. The van der Waals surface area contributed by atoms with Gasteiger partial charge in [-0.1, -0.05) is 240 Å². The van der Waals surface area contributed by atoms with Crippen LogP contribution in [0.15, 0.2) is 352 Å². The molecule has 5 fully saturated rings. The molecule has 0 amide bonds. The molecule has 724 valence electrons. The van der Waals surface area contributed by atoms with E-state index in [1.165, 1.54) is 28.0 Å². The van der Waals surface area contributed by atoms with Gasteiger partial charge in [-0.3, -0.25) is 0 Å². The van der Waals surface area contributed by atoms with Gasteiger partial charge in [0.25, 0.3) is 0 Å². The maximum atomic E-state index is 9.89. The van der Waals surface area contributed by atoms with Gasteiger partial charge in [-0.2, -0.15) is 0 Å². The highest BCUT2D eigenvalue weighted by molar-refractivity contribution is 6.32. The third-order valence-electron chi connectivity index (χ3n) is 25.8. The number of nitrogens with zero attached hydrogens (tertiary/aromatic N) is 12. The molecule has 7 aromatic heterocycles. The molecule has 22 nitrogen and oxygen atoms in total. The van der Waals surface area contributed by atoms with E-state index in [1.807, 2.05) is 243 Å². The first-order chi connectivity index (χ1) is 70.1. The van der Waals surface area contributed by atoms with E-state index in [0.29, 0.717) is 57.6 Å². The molecule has 0 aliphatic carbocycles. The van der Waals surface area contributed by atoms with Gasteiger partial charge in [-0.25, -0.2) is 34.9 Å². The van der Waals surface area contributed by atoms with Crippen molar-refractivity contribution < 1.29 is 24.4 Å². The van der Waals surface area contributed by atoms with Crippen LogP contribution >= 0.6 is 58.0 Å². The highest BCUT2D eigenvalue weighted by Gasteiger charge is 2.31. The quantitative estimate of drug-likeness (QED) is 0.0267. The number of hydrogen-bond donors (Lipinski definition) is 7. The third kappa shape index (κ3) is 26.3. The molecule has 0 bridgehead atoms. The SMILES string of the molecule is Clc1ccc(CNc2cc(N3CC[C@@H](Oc4ccccc4)C3)c3ccccc3n2)cc1.Clc1ccc(CNc2cc(N3CC[C@@H](Oc4ccccn4)C3)c3ccccc3n2)cc1.Clc1ccc(CNc2cc(N3CC[C@H](Oc4ccccn4)C3)c3ccccc3n2)cc1.O[C@@H]1CCN(c2cc(NCc3ccc(Cl)cc3)nc3ccccc23)C1.O[C@H]1CCN(c2cc(NCc3ccc(Cl)cc3)nc3ccccc23)C1. The fourth-order valence-corrected chi connectivity index (χ4v) is 19.1. The summed E-state index contributed by atoms with van der Waals surface area (Å²) >= 11 is 29.9. The molecule has 0 spiro atoms. The first kappa shape index (κ1) is 97.4. The van der Waals surface area contributed by atoms with Crippen LogP contribution in [0.25, 0.3) is 54.5 Å². The third-order valence-corrected chi connectivity index (χ3v) is 27.0. The van der Waals surface area contributed by atoms with Crippen molar-refractivity contribution in [2.75, 3.05) is 117 Å². The van der Waals surface area contributed by atoms with E-state index >= 15 is 0 Å². The number of halogens is 5. The van der Waals surface area contributed by atoms with Gasteiger partial charge in [0.2, 0.25) is 11.8 Å². The second kappa shape index (κ2) is 47.4. The van der Waals surface area contributed by atoms with Gasteiger partial charge in [0.05, 0.1) is 59.4 Å². The number of para-hydroxylation sites is 6. The summed E-state index contributed by atoms with van der Waals surface area (Å²) in [6.07, 6.45) is 7.97. The molecule has 5 saturated heterocycles. The Morgan fingerprint density at radius 1 is 0.252 bits per heavy atom. The van der Waals surface area contributed by atoms with Crippen LogP contribution in [0, 0.1) is 0 Å². The number of benzene rings is 11. The summed E-state index contributed by atoms with van der Waals surface area (Å²) in [7, 11) is 0. The number of pyridine rings is 7. The van der Waals surface area contributed by atoms with Gasteiger partial charge >= 0.3 is 0 Å². The van der Waals surface area contributed by atoms with Gasteiger partial charge in [0.1, 0.15) is 53.2 Å². The maximum absolute atomic E-state index is 9.89. The van der Waals surface area contributed by atoms with Gasteiger partial charge in [0.15, 0.2) is 0 Å². The van der Waals surface area contributed by atoms with E-state index in [4.69, 9.17) is 97.1 Å². The Hall–Kier alpha value is -14.5. The minimum Gasteiger partial charge on any atom is -0.489 e. The molecule has 7 N–H and O–H groups in total. The van der Waals surface area contributed by atoms with Crippen LogP contribution < -0.4 is 65.3 Å². The summed E-state index contributed by atoms with van der Waals surface area (Å²) in [5.74, 6) is 6.56. The Bertz CT molecular complexity index is 6660. The topological polar surface area (TPSA) is 235 Å². The predicted molar refractivity (Wildman–Crippen MR) is 587 cm³/mol. The van der Waals surface area contributed by atoms with Crippen molar-refractivity contribution in [1.82, 2.24) is 34.9 Å². The number of β-amino-alcohol motifs (C(OH)–C–C–N with tert-alkyl or cyclic N) is 2. The lowest BCUT2D eigenvalue weighted by atomic mass is 10.1. The molecule has 143 heavy (non-hydrogen) atoms. The minimum atomic E-state index is -0.252. The van der Waals surface area contributed by atoms with Gasteiger partial charge in [-0.05, 0) is 156 Å². The molecule has 11 aromatic carbocycles. The first-order valence-corrected chi connectivity index (χ1v) is 50.4. The van der Waals surface area contributed by atoms with Gasteiger partial charge < -0.3 is 75.5 Å². The fraction of sp³-hybridized carbons (Fsp3) is 0.216. The normalized spacial score (nSPS) is 16.4. The number of anilines is 10. The monoisotopic (exact) mass is 2000 g/mol. The molecule has 0 unspecified atom stereocenters. The summed E-state index contributed by atoms with van der Waals surface area (Å²) in [4.78, 5) is 44.2. The fourth-order valence-electron chi connectivity index (χ4n) is 18.4. The summed E-state index contributed by atoms with van der Waals surface area (Å²) in [5.41, 5.74) is 16.5. The van der Waals surface area contributed by atoms with Crippen molar-refractivity contribution in [3.8, 4) is 17.5 Å². The summed E-state index contributed by atoms with van der Waals surface area (Å²) in [6.45, 7) is 11.8. The van der Waals surface area contributed by atoms with E-state index in [-0.39, 0.29) is 30.5 Å². The van der Waals surface area contributed by atoms with Crippen LogP contribution in [0.4, 0.5) is 57.5 Å². The molecular weight excluding hydrogens is 1890 g/mol. The van der Waals surface area contributed by atoms with Crippen LogP contribution in [-0.4, -0.2) is 141 Å². The molecular formula is C116H110Cl5N17O5. The van der Waals surface area contributed by atoms with Crippen LogP contribution in [0.3, 0.4) is 0 Å². The molecule has 12 heterocycles. The molecule has 5 aliphatic heterocycles. The number of nitrogens with one attached hydrogen (secondary N) is 5. The van der Waals surface area contributed by atoms with Crippen LogP contribution in [-0.2, 0) is 32.7 Å². The van der Waals surface area contributed by atoms with Crippen molar-refractivity contribution in [2.45, 2.75) is 95.3 Å². The zero-order valence-corrected chi connectivity index (χ0v) is 82.7. The number of hydrogen-bond acceptors (Lipinski definition) is 22. The van der Waals surface area contributed by atoms with E-state index in [0.717, 1.165) is 227 Å². The van der Waals surface area contributed by atoms with Crippen LogP contribution in [0.1, 0.15) is 59.9 Å². The van der Waals surface area contributed by atoms with Crippen molar-refractivity contribution in [3.05, 3.63) is 405 Å². The Kier molecular flexibility index (Phi) is 32.3. The lowest BCUT2D eigenvalue weighted by molar-refractivity contribution is 0.198. The average molecular weight is 2000 g/mol. The first-order valence-electron chi connectivity index (χ1n) is 48.5. The minimum absolute atomic E-state index is 0.118. The van der Waals surface area contributed by atoms with Crippen molar-refractivity contribution >= 4 is 170 Å². The lowest BCUT2D eigenvalue weighted by Gasteiger charge is -2.22. The smallest absolute Gasteiger partial charge is 0.213 e. The molecule has 5 atom stereocenters. The van der Waals surface area contributed by atoms with Crippen molar-refractivity contribution in [1.29, 1.82) is 0 Å². The molecule has 23 rings (SSSR count). The van der Waals surface area contributed by atoms with Gasteiger partial charge in [-0.15, -0.1) is 0 Å². The molecule has 27 heteroatoms. The number of aromatic nitrogens is 7. The van der Waals surface area contributed by atoms with E-state index < -0.39 is 0 Å². The Morgan fingerprint density at radius 2 is 0.483 bits per heavy atom. The van der Waals surface area contributed by atoms with Crippen LogP contribution in [0.2, 0.25) is 25.1 Å². The highest BCUT2D eigenvalue weighted by atomic mass is 35.5. The largest absolute Gasteiger partial charge is 0.489 e. The Morgan fingerprint density at radius 3 is 0.727 bits per heavy atom. The number of aliphatic hydroxyl groups is 2. The molecule has 5 aliphatic rings. The summed E-state index contributed by atoms with van der Waals surface area (Å²) in [6, 6.07) is 113. The van der Waals surface area contributed by atoms with Crippen molar-refractivity contribution in [2.24, 2.45) is 0 Å². The predicted octanol–water partition coefficient (Wildman–Crippen LogP) is 25.4. The number of aliphatic hydroxyl groups excluding tert-OH is 2. The Balaban J connectivity index is 0.000000114. The van der Waals surface area contributed by atoms with E-state index in [1.54, 1.807) is 12.4 Å². The van der Waals surface area contributed by atoms with Crippen LogP contribution in [0.5, 0.6) is 17.5 Å². The second-order valence-corrected chi connectivity index (χ2v) is 38.2.